The van der Waals surface area contributed by atoms with Crippen LogP contribution in [0.4, 0.5) is 0 Å². The first kappa shape index (κ1) is 11.2. The zero-order valence-electron chi connectivity index (χ0n) is 36.3. The molecule has 2 aromatic rings. The monoisotopic (exact) mass is 494 g/mol. The Bertz CT molecular complexity index is 1520. The minimum absolute atomic E-state index is 0.0537. The van der Waals surface area contributed by atoms with E-state index in [1.165, 1.54) is 13.0 Å². The number of Topliss-reactive ketones (excluding diaryl/α,β-unsaturated/α-hetero) is 2. The van der Waals surface area contributed by atoms with E-state index in [-0.39, 0.29) is 6.42 Å². The van der Waals surface area contributed by atoms with Crippen LogP contribution in [0.25, 0.3) is 0 Å². The standard InChI is InChI=1S/2C14H19ClO/c2*1-10(9-14(2,3)4)13(16)11-6-5-7-12(15)8-11/h2*5-8,10H,9H2,1-4H3/t10-;/m1./s1/i2D3,10D;2D3,3D3,4D3,5D,6D,7D,8D,10D. The number of rotatable bonds is 6. The molecule has 0 N–H and O–H groups in total. The highest BCUT2D eigenvalue weighted by Gasteiger charge is 2.22. The summed E-state index contributed by atoms with van der Waals surface area (Å²) >= 11 is 11.6. The summed E-state index contributed by atoms with van der Waals surface area (Å²) in [6.07, 6.45) is -1.53. The van der Waals surface area contributed by atoms with Crippen molar-refractivity contribution >= 4 is 34.8 Å². The van der Waals surface area contributed by atoms with Gasteiger partial charge in [0.05, 0.1) is 5.48 Å². The predicted molar refractivity (Wildman–Crippen MR) is 138 cm³/mol. The summed E-state index contributed by atoms with van der Waals surface area (Å²) in [4.78, 5) is 25.4. The first-order valence-electron chi connectivity index (χ1n) is 18.5. The van der Waals surface area contributed by atoms with Gasteiger partial charge in [0, 0.05) is 52.2 Å². The molecule has 32 heavy (non-hydrogen) atoms. The molecule has 0 saturated carbocycles. The van der Waals surface area contributed by atoms with Crippen molar-refractivity contribution in [2.45, 2.75) is 67.9 Å². The Morgan fingerprint density at radius 1 is 0.938 bits per heavy atom. The maximum atomic E-state index is 13.0. The Kier molecular flexibility index (Phi) is 4.20. The van der Waals surface area contributed by atoms with E-state index in [0.717, 1.165) is 6.92 Å². The summed E-state index contributed by atoms with van der Waals surface area (Å²) in [5, 5.41) is -0.245. The highest BCUT2D eigenvalue weighted by Crippen LogP contribution is 2.28. The van der Waals surface area contributed by atoms with Gasteiger partial charge in [-0.3, -0.25) is 9.59 Å². The molecule has 0 aromatic heterocycles. The average Bonchev–Trinajstić information content (AvgIpc) is 2.90. The van der Waals surface area contributed by atoms with Crippen molar-refractivity contribution in [2.24, 2.45) is 22.6 Å². The van der Waals surface area contributed by atoms with Crippen molar-refractivity contribution < 1.29 is 34.3 Å². The van der Waals surface area contributed by atoms with E-state index in [1.54, 1.807) is 32.0 Å². The van der Waals surface area contributed by atoms with Gasteiger partial charge in [-0.25, -0.2) is 0 Å². The molecule has 0 aliphatic heterocycles. The van der Waals surface area contributed by atoms with Crippen LogP contribution in [-0.4, -0.2) is 11.6 Å². The third-order valence-electron chi connectivity index (χ3n) is 3.92. The molecule has 1 unspecified atom stereocenters. The third-order valence-corrected chi connectivity index (χ3v) is 4.35. The lowest BCUT2D eigenvalue weighted by Crippen LogP contribution is -2.18. The molecule has 0 aliphatic rings. The Morgan fingerprint density at radius 2 is 1.50 bits per heavy atom. The topological polar surface area (TPSA) is 34.1 Å². The van der Waals surface area contributed by atoms with Crippen LogP contribution in [0, 0.1) is 22.6 Å². The van der Waals surface area contributed by atoms with E-state index < -0.39 is 103 Å². The Balaban J connectivity index is 0.000000542. The number of halogens is 2. The second-order valence-corrected chi connectivity index (χ2v) is 8.88. The second kappa shape index (κ2) is 12.0. The van der Waals surface area contributed by atoms with Crippen molar-refractivity contribution in [3.05, 3.63) is 69.6 Å². The number of carbonyl (C=O) groups excluding carboxylic acids is 2. The molecule has 0 fully saturated rings. The zero-order valence-corrected chi connectivity index (χ0v) is 19.8. The Morgan fingerprint density at radius 3 is 2.06 bits per heavy atom. The highest BCUT2D eigenvalue weighted by molar-refractivity contribution is 6.31. The minimum atomic E-state index is -3.64. The van der Waals surface area contributed by atoms with Crippen molar-refractivity contribution in [1.82, 2.24) is 0 Å². The maximum absolute atomic E-state index is 13.0. The molecule has 0 spiro atoms. The number of benzene rings is 2. The van der Waals surface area contributed by atoms with Crippen LogP contribution in [-0.2, 0) is 0 Å². The fourth-order valence-electron chi connectivity index (χ4n) is 2.75. The molecule has 2 atom stereocenters. The van der Waals surface area contributed by atoms with Crippen LogP contribution in [0.2, 0.25) is 10.0 Å². The van der Waals surface area contributed by atoms with E-state index in [4.69, 9.17) is 47.9 Å². The second-order valence-electron chi connectivity index (χ2n) is 8.06. The smallest absolute Gasteiger partial charge is 0.165 e. The van der Waals surface area contributed by atoms with Gasteiger partial charge in [-0.2, -0.15) is 0 Å². The lowest BCUT2D eigenvalue weighted by molar-refractivity contribution is 0.0891. The van der Waals surface area contributed by atoms with Gasteiger partial charge in [0.1, 0.15) is 0 Å². The first-order valence-corrected chi connectivity index (χ1v) is 10.3. The summed E-state index contributed by atoms with van der Waals surface area (Å²) in [5.41, 5.74) is -5.14. The minimum Gasteiger partial charge on any atom is -0.294 e. The molecule has 4 heteroatoms. The van der Waals surface area contributed by atoms with E-state index in [1.807, 2.05) is 0 Å². The Hall–Kier alpha value is -1.64. The van der Waals surface area contributed by atoms with Crippen molar-refractivity contribution in [2.75, 3.05) is 0 Å². The molecule has 2 nitrogen and oxygen atoms in total. The SMILES string of the molecule is [2H]C([2H])([2H])C(C)(C)C[C@@]([2H])(C)C(=O)c1cccc(Cl)c1.[2H]c1c([2H])c(Cl)c([2H])c(C(=O)C([2H])(C)CC(C([2H])([2H])[2H])(C([2H])([2H])[2H])C([2H])([2H])[2H])c1[2H]. The fraction of sp³-hybridized carbons (Fsp3) is 0.500. The van der Waals surface area contributed by atoms with E-state index in [0.29, 0.717) is 10.6 Å². The van der Waals surface area contributed by atoms with Gasteiger partial charge >= 0.3 is 0 Å². The molecule has 0 bridgehead atoms. The van der Waals surface area contributed by atoms with Crippen molar-refractivity contribution in [3.63, 3.8) is 0 Å². The molecule has 176 valence electrons. The van der Waals surface area contributed by atoms with Crippen LogP contribution in [0.15, 0.2) is 48.4 Å². The summed E-state index contributed by atoms with van der Waals surface area (Å²) in [5.74, 6) is -6.11. The van der Waals surface area contributed by atoms with Crippen LogP contribution in [0.1, 0.15) is 113 Å². The predicted octanol–water partition coefficient (Wildman–Crippen LogP) is 9.19. The normalized spacial score (nSPS) is 25.3. The Labute approximate surface area is 230 Å². The molecule has 0 aliphatic carbocycles. The molecule has 2 aromatic carbocycles. The molecular formula is C28H38Cl2O2. The number of hydrogen-bond donors (Lipinski definition) is 0. The van der Waals surface area contributed by atoms with E-state index in [2.05, 4.69) is 0 Å². The summed E-state index contributed by atoms with van der Waals surface area (Å²) in [7, 11) is 0. The molecule has 0 radical (unpaired) electrons. The number of hydrogen-bond acceptors (Lipinski definition) is 2. The van der Waals surface area contributed by atoms with Gasteiger partial charge in [0.2, 0.25) is 0 Å². The van der Waals surface area contributed by atoms with Crippen LogP contribution >= 0.6 is 23.2 Å². The van der Waals surface area contributed by atoms with Gasteiger partial charge in [-0.15, -0.1) is 0 Å². The van der Waals surface area contributed by atoms with Gasteiger partial charge in [-0.05, 0) is 47.9 Å². The summed E-state index contributed by atoms with van der Waals surface area (Å²) in [6.45, 7) is -7.79. The third kappa shape index (κ3) is 10.8. The molecule has 0 saturated heterocycles. The molecular weight excluding hydrogens is 439 g/mol. The molecule has 2 rings (SSSR count). The van der Waals surface area contributed by atoms with E-state index >= 15 is 0 Å². The summed E-state index contributed by atoms with van der Waals surface area (Å²) in [6, 6.07) is 3.03. The summed E-state index contributed by atoms with van der Waals surface area (Å²) < 4.78 is 139. The molecule has 0 amide bonds. The van der Waals surface area contributed by atoms with Crippen molar-refractivity contribution in [3.8, 4) is 0 Å². The van der Waals surface area contributed by atoms with Gasteiger partial charge in [0.15, 0.2) is 11.6 Å². The van der Waals surface area contributed by atoms with Crippen LogP contribution < -0.4 is 0 Å². The zero-order chi connectivity index (χ0) is 40.0. The molecule has 0 heterocycles. The van der Waals surface area contributed by atoms with Crippen LogP contribution in [0.5, 0.6) is 0 Å². The first-order chi connectivity index (χ1) is 21.9. The van der Waals surface area contributed by atoms with Gasteiger partial charge in [-0.1, -0.05) is 103 Å². The largest absolute Gasteiger partial charge is 0.294 e. The fourth-order valence-corrected chi connectivity index (χ4v) is 3.08. The van der Waals surface area contributed by atoms with Crippen molar-refractivity contribution in [1.29, 1.82) is 0 Å². The lowest BCUT2D eigenvalue weighted by Gasteiger charge is -2.22. The van der Waals surface area contributed by atoms with Gasteiger partial charge in [0.25, 0.3) is 0 Å². The highest BCUT2D eigenvalue weighted by atomic mass is 35.5. The average molecular weight is 496 g/mol. The number of ketones is 2. The van der Waals surface area contributed by atoms with Crippen LogP contribution in [0.3, 0.4) is 0 Å². The quantitative estimate of drug-likeness (QED) is 0.374. The number of carbonyl (C=O) groups is 2. The van der Waals surface area contributed by atoms with E-state index in [9.17, 15) is 9.59 Å². The maximum Gasteiger partial charge on any atom is 0.165 e. The lowest BCUT2D eigenvalue weighted by atomic mass is 9.82. The van der Waals surface area contributed by atoms with Gasteiger partial charge < -0.3 is 0 Å².